The summed E-state index contributed by atoms with van der Waals surface area (Å²) in [5.74, 6) is 1.16. The predicted molar refractivity (Wildman–Crippen MR) is 109 cm³/mol. The smallest absolute Gasteiger partial charge is 0.258 e. The topological polar surface area (TPSA) is 87.9 Å². The van der Waals surface area contributed by atoms with Gasteiger partial charge in [-0.3, -0.25) is 4.79 Å². The third-order valence-corrected chi connectivity index (χ3v) is 4.64. The van der Waals surface area contributed by atoms with Crippen molar-refractivity contribution in [3.63, 3.8) is 0 Å². The van der Waals surface area contributed by atoms with Crippen molar-refractivity contribution in [2.75, 3.05) is 0 Å². The molecule has 1 fully saturated rings. The summed E-state index contributed by atoms with van der Waals surface area (Å²) in [7, 11) is 0. The lowest BCUT2D eigenvalue weighted by molar-refractivity contribution is -0.122. The molecule has 4 rings (SSSR count). The Bertz CT molecular complexity index is 957. The van der Waals surface area contributed by atoms with Crippen LogP contribution in [0.25, 0.3) is 0 Å². The molecule has 2 atom stereocenters. The zero-order valence-electron chi connectivity index (χ0n) is 15.7. The third kappa shape index (κ3) is 5.10. The van der Waals surface area contributed by atoms with Crippen molar-refractivity contribution in [2.45, 2.75) is 25.1 Å². The molecule has 0 aliphatic carbocycles. The van der Waals surface area contributed by atoms with Gasteiger partial charge < -0.3 is 9.15 Å². The average Bonchev–Trinajstić information content (AvgIpc) is 3.46. The molecule has 1 saturated heterocycles. The van der Waals surface area contributed by atoms with E-state index in [2.05, 4.69) is 21.4 Å². The number of hydrazine groups is 1. The normalized spacial score (nSPS) is 18.8. The number of hydrogen-bond donors (Lipinski definition) is 3. The van der Waals surface area contributed by atoms with Crippen LogP contribution in [0, 0.1) is 0 Å². The zero-order valence-corrected chi connectivity index (χ0v) is 15.7. The molecule has 1 aromatic heterocycles. The van der Waals surface area contributed by atoms with Crippen LogP contribution in [-0.2, 0) is 11.4 Å². The molecule has 7 heteroatoms. The molecule has 2 aromatic carbocycles. The van der Waals surface area contributed by atoms with E-state index in [0.717, 1.165) is 16.9 Å². The quantitative estimate of drug-likeness (QED) is 0.426. The zero-order chi connectivity index (χ0) is 19.9. The second kappa shape index (κ2) is 9.18. The molecule has 1 amide bonds. The minimum absolute atomic E-state index is 0.0000728. The van der Waals surface area contributed by atoms with E-state index in [1.807, 2.05) is 54.6 Å². The highest BCUT2D eigenvalue weighted by atomic mass is 16.5. The van der Waals surface area contributed by atoms with E-state index < -0.39 is 0 Å². The fraction of sp³-hybridized carbons (Fsp3) is 0.182. The van der Waals surface area contributed by atoms with Crippen LogP contribution in [0.3, 0.4) is 0 Å². The van der Waals surface area contributed by atoms with Crippen molar-refractivity contribution in [2.24, 2.45) is 5.10 Å². The van der Waals surface area contributed by atoms with Gasteiger partial charge in [0.2, 0.25) is 0 Å². The largest absolute Gasteiger partial charge is 0.489 e. The highest BCUT2D eigenvalue weighted by Gasteiger charge is 2.30. The molecule has 2 unspecified atom stereocenters. The fourth-order valence-corrected chi connectivity index (χ4v) is 3.11. The lowest BCUT2D eigenvalue weighted by atomic mass is 10.0. The van der Waals surface area contributed by atoms with E-state index in [-0.39, 0.29) is 18.0 Å². The number of nitrogens with one attached hydrogen (secondary N) is 3. The Kier molecular flexibility index (Phi) is 5.99. The Hall–Kier alpha value is -3.42. The molecular weight excluding hydrogens is 368 g/mol. The van der Waals surface area contributed by atoms with Crippen molar-refractivity contribution in [1.29, 1.82) is 0 Å². The van der Waals surface area contributed by atoms with Gasteiger partial charge in [0.15, 0.2) is 0 Å². The summed E-state index contributed by atoms with van der Waals surface area (Å²) in [6.07, 6.45) is 3.61. The minimum Gasteiger partial charge on any atom is -0.489 e. The van der Waals surface area contributed by atoms with Gasteiger partial charge in [0, 0.05) is 6.04 Å². The van der Waals surface area contributed by atoms with Crippen LogP contribution in [0.4, 0.5) is 0 Å². The predicted octanol–water partition coefficient (Wildman–Crippen LogP) is 2.92. The van der Waals surface area contributed by atoms with Crippen LogP contribution in [0.15, 0.2) is 82.5 Å². The van der Waals surface area contributed by atoms with Crippen LogP contribution in [0.2, 0.25) is 0 Å². The number of amides is 1. The maximum atomic E-state index is 12.3. The van der Waals surface area contributed by atoms with Crippen molar-refractivity contribution < 1.29 is 13.9 Å². The van der Waals surface area contributed by atoms with Crippen LogP contribution in [0.5, 0.6) is 5.75 Å². The van der Waals surface area contributed by atoms with Crippen LogP contribution in [0.1, 0.15) is 29.3 Å². The fourth-order valence-electron chi connectivity index (χ4n) is 3.11. The molecule has 0 bridgehead atoms. The molecule has 0 spiro atoms. The standard InChI is InChI=1S/C22H22N4O3/c27-22(26-23-14-19-10-5-11-28-19)21-13-20(24-25-21)17-8-4-9-18(12-17)29-15-16-6-2-1-3-7-16/h1-12,14,20-21,24-25H,13,15H2,(H,26,27)/b23-14+. The number of hydrazone groups is 1. The molecule has 148 valence electrons. The number of carbonyl (C=O) groups is 1. The SMILES string of the molecule is O=C(N/N=C/c1ccco1)C1CC(c2cccc(OCc3ccccc3)c2)NN1. The first-order valence-electron chi connectivity index (χ1n) is 9.42. The van der Waals surface area contributed by atoms with Gasteiger partial charge in [0.05, 0.1) is 12.5 Å². The second-order valence-electron chi connectivity index (χ2n) is 6.73. The highest BCUT2D eigenvalue weighted by molar-refractivity contribution is 5.84. The number of hydrogen-bond acceptors (Lipinski definition) is 6. The van der Waals surface area contributed by atoms with Gasteiger partial charge in [-0.1, -0.05) is 42.5 Å². The Morgan fingerprint density at radius 1 is 1.14 bits per heavy atom. The first-order valence-corrected chi connectivity index (χ1v) is 9.42. The van der Waals surface area contributed by atoms with Gasteiger partial charge in [-0.15, -0.1) is 0 Å². The molecule has 0 radical (unpaired) electrons. The Morgan fingerprint density at radius 2 is 2.03 bits per heavy atom. The van der Waals surface area contributed by atoms with E-state index in [4.69, 9.17) is 9.15 Å². The summed E-state index contributed by atoms with van der Waals surface area (Å²) < 4.78 is 11.0. The third-order valence-electron chi connectivity index (χ3n) is 4.64. The van der Waals surface area contributed by atoms with E-state index >= 15 is 0 Å². The second-order valence-corrected chi connectivity index (χ2v) is 6.73. The molecule has 1 aliphatic rings. The summed E-state index contributed by atoms with van der Waals surface area (Å²) >= 11 is 0. The van der Waals surface area contributed by atoms with E-state index in [1.165, 1.54) is 6.21 Å². The molecule has 3 aromatic rings. The highest BCUT2D eigenvalue weighted by Crippen LogP contribution is 2.26. The van der Waals surface area contributed by atoms with Gasteiger partial charge in [-0.25, -0.2) is 16.3 Å². The van der Waals surface area contributed by atoms with Gasteiger partial charge in [0.25, 0.3) is 5.91 Å². The lowest BCUT2D eigenvalue weighted by Gasteiger charge is -2.12. The molecule has 29 heavy (non-hydrogen) atoms. The Labute approximate surface area is 168 Å². The monoisotopic (exact) mass is 390 g/mol. The van der Waals surface area contributed by atoms with Crippen LogP contribution < -0.4 is 21.0 Å². The maximum absolute atomic E-state index is 12.3. The van der Waals surface area contributed by atoms with Crippen LogP contribution in [-0.4, -0.2) is 18.2 Å². The average molecular weight is 390 g/mol. The summed E-state index contributed by atoms with van der Waals surface area (Å²) in [4.78, 5) is 12.3. The number of nitrogens with zero attached hydrogens (tertiary/aromatic N) is 1. The first kappa shape index (κ1) is 18.9. The number of benzene rings is 2. The Morgan fingerprint density at radius 3 is 2.86 bits per heavy atom. The minimum atomic E-state index is -0.386. The number of rotatable bonds is 7. The van der Waals surface area contributed by atoms with Crippen molar-refractivity contribution in [1.82, 2.24) is 16.3 Å². The van der Waals surface area contributed by atoms with Gasteiger partial charge in [0.1, 0.15) is 24.2 Å². The van der Waals surface area contributed by atoms with Gasteiger partial charge in [-0.2, -0.15) is 5.10 Å². The van der Waals surface area contributed by atoms with Gasteiger partial charge >= 0.3 is 0 Å². The van der Waals surface area contributed by atoms with Crippen LogP contribution >= 0.6 is 0 Å². The van der Waals surface area contributed by atoms with E-state index in [1.54, 1.807) is 18.4 Å². The molecular formula is C22H22N4O3. The first-order chi connectivity index (χ1) is 14.3. The number of furan rings is 1. The van der Waals surface area contributed by atoms with Crippen molar-refractivity contribution in [3.8, 4) is 5.75 Å². The van der Waals surface area contributed by atoms with Crippen molar-refractivity contribution in [3.05, 3.63) is 89.9 Å². The summed E-state index contributed by atoms with van der Waals surface area (Å²) in [6.45, 7) is 0.513. The molecule has 7 nitrogen and oxygen atoms in total. The summed E-state index contributed by atoms with van der Waals surface area (Å²) in [5, 5.41) is 3.92. The maximum Gasteiger partial charge on any atom is 0.258 e. The van der Waals surface area contributed by atoms with E-state index in [0.29, 0.717) is 18.8 Å². The summed E-state index contributed by atoms with van der Waals surface area (Å²) in [6, 6.07) is 21.1. The lowest BCUT2D eigenvalue weighted by Crippen LogP contribution is -2.41. The van der Waals surface area contributed by atoms with Gasteiger partial charge in [-0.05, 0) is 41.8 Å². The Balaban J connectivity index is 1.31. The van der Waals surface area contributed by atoms with E-state index in [9.17, 15) is 4.79 Å². The molecule has 0 saturated carbocycles. The summed E-state index contributed by atoms with van der Waals surface area (Å²) in [5.41, 5.74) is 10.9. The van der Waals surface area contributed by atoms with Crippen molar-refractivity contribution >= 4 is 12.1 Å². The molecule has 1 aliphatic heterocycles. The molecule has 3 N–H and O–H groups in total. The molecule has 2 heterocycles. The number of carbonyl (C=O) groups excluding carboxylic acids is 1. The number of ether oxygens (including phenoxy) is 1.